The van der Waals surface area contributed by atoms with E-state index in [-0.39, 0.29) is 40.1 Å². The molecule has 0 amide bonds. The SMILES string of the molecule is CC(C)n1c(C(C)(C)O)nc2c(F)cc(-c3nc(NC4[C@H](O)[C@@H]5OC[C@@H](O5)C45CC5)ncc3Cl)cc21. The van der Waals surface area contributed by atoms with Crippen molar-refractivity contribution < 1.29 is 24.1 Å². The van der Waals surface area contributed by atoms with Crippen LogP contribution in [0.4, 0.5) is 10.3 Å². The number of hydrogen-bond donors (Lipinski definition) is 3. The maximum Gasteiger partial charge on any atom is 0.223 e. The number of nitrogens with one attached hydrogen (secondary N) is 1. The van der Waals surface area contributed by atoms with E-state index in [1.54, 1.807) is 19.9 Å². The van der Waals surface area contributed by atoms with Crippen LogP contribution in [0.15, 0.2) is 18.3 Å². The normalized spacial score (nSPS) is 26.8. The van der Waals surface area contributed by atoms with Crippen LogP contribution in [0.3, 0.4) is 0 Å². The molecule has 3 N–H and O–H groups in total. The molecule has 6 rings (SSSR count). The first-order chi connectivity index (χ1) is 17.0. The summed E-state index contributed by atoms with van der Waals surface area (Å²) in [6.07, 6.45) is 1.66. The Morgan fingerprint density at radius 1 is 1.28 bits per heavy atom. The Labute approximate surface area is 212 Å². The molecule has 2 aromatic heterocycles. The third-order valence-electron chi connectivity index (χ3n) is 7.53. The fraction of sp³-hybridized carbons (Fsp3) is 0.560. The molecule has 1 aromatic carbocycles. The maximum atomic E-state index is 15.3. The van der Waals surface area contributed by atoms with Crippen molar-refractivity contribution in [2.75, 3.05) is 11.9 Å². The molecule has 4 heterocycles. The van der Waals surface area contributed by atoms with Crippen molar-refractivity contribution in [1.82, 2.24) is 19.5 Å². The fourth-order valence-corrected chi connectivity index (χ4v) is 5.83. The molecule has 9 nitrogen and oxygen atoms in total. The summed E-state index contributed by atoms with van der Waals surface area (Å²) in [5.41, 5.74) is 0.0269. The van der Waals surface area contributed by atoms with Gasteiger partial charge >= 0.3 is 0 Å². The van der Waals surface area contributed by atoms with Crippen LogP contribution in [-0.2, 0) is 15.1 Å². The van der Waals surface area contributed by atoms with E-state index in [4.69, 9.17) is 21.1 Å². The standard InChI is InChI=1S/C25H29ClFN5O4/c1-11(2)32-15-8-12(7-14(27)18(15)29-22(32)24(3,4)34)17-13(26)9-28-23(30-17)31-20-19(33)21-35-10-16(36-21)25(20)5-6-25/h7-9,11,16,19-21,33-34H,5-6,10H2,1-4H3,(H,28,30,31)/t16-,19+,20?,21-/m1/s1. The Hall–Kier alpha value is -2.37. The average Bonchev–Trinajstić information content (AvgIpc) is 3.27. The number of rotatable bonds is 5. The Balaban J connectivity index is 1.41. The molecule has 2 aliphatic heterocycles. The number of aromatic nitrogens is 4. The minimum absolute atomic E-state index is 0.0760. The summed E-state index contributed by atoms with van der Waals surface area (Å²) in [5, 5.41) is 25.1. The molecule has 11 heteroatoms. The fourth-order valence-electron chi connectivity index (χ4n) is 5.63. The first-order valence-corrected chi connectivity index (χ1v) is 12.6. The molecule has 0 radical (unpaired) electrons. The number of aliphatic hydroxyl groups excluding tert-OH is 1. The molecule has 2 saturated heterocycles. The lowest BCUT2D eigenvalue weighted by Crippen LogP contribution is -2.55. The van der Waals surface area contributed by atoms with Crippen LogP contribution in [0.25, 0.3) is 22.3 Å². The third-order valence-corrected chi connectivity index (χ3v) is 7.81. The van der Waals surface area contributed by atoms with E-state index in [9.17, 15) is 10.2 Å². The van der Waals surface area contributed by atoms with Crippen molar-refractivity contribution in [2.24, 2.45) is 5.41 Å². The highest BCUT2D eigenvalue weighted by Gasteiger charge is 2.65. The molecule has 1 saturated carbocycles. The average molecular weight is 518 g/mol. The van der Waals surface area contributed by atoms with Crippen LogP contribution >= 0.6 is 11.6 Å². The molecular formula is C25H29ClFN5O4. The molecule has 4 atom stereocenters. The van der Waals surface area contributed by atoms with E-state index in [1.165, 1.54) is 12.3 Å². The number of halogens is 2. The smallest absolute Gasteiger partial charge is 0.223 e. The van der Waals surface area contributed by atoms with Gasteiger partial charge in [-0.05, 0) is 52.7 Å². The minimum atomic E-state index is -1.26. The Morgan fingerprint density at radius 2 is 2.03 bits per heavy atom. The lowest BCUT2D eigenvalue weighted by molar-refractivity contribution is -0.177. The molecular weight excluding hydrogens is 489 g/mol. The largest absolute Gasteiger partial charge is 0.386 e. The second kappa shape index (κ2) is 8.06. The van der Waals surface area contributed by atoms with Gasteiger partial charge in [0, 0.05) is 17.0 Å². The number of imidazole rings is 1. The van der Waals surface area contributed by atoms with Crippen LogP contribution in [0.2, 0.25) is 5.02 Å². The number of aliphatic hydroxyl groups is 2. The summed E-state index contributed by atoms with van der Waals surface area (Å²) >= 11 is 6.48. The predicted molar refractivity (Wildman–Crippen MR) is 131 cm³/mol. The number of ether oxygens (including phenoxy) is 2. The highest BCUT2D eigenvalue weighted by Crippen LogP contribution is 2.59. The van der Waals surface area contributed by atoms with E-state index in [0.717, 1.165) is 12.8 Å². The predicted octanol–water partition coefficient (Wildman–Crippen LogP) is 3.77. The topological polar surface area (TPSA) is 115 Å². The van der Waals surface area contributed by atoms with Crippen LogP contribution in [-0.4, -0.2) is 60.9 Å². The Morgan fingerprint density at radius 3 is 2.69 bits per heavy atom. The molecule has 1 unspecified atom stereocenters. The van der Waals surface area contributed by atoms with Crippen LogP contribution in [0, 0.1) is 11.2 Å². The van der Waals surface area contributed by atoms with E-state index < -0.39 is 23.8 Å². The van der Waals surface area contributed by atoms with Gasteiger partial charge in [0.2, 0.25) is 5.95 Å². The zero-order chi connectivity index (χ0) is 25.6. The molecule has 2 bridgehead atoms. The van der Waals surface area contributed by atoms with E-state index in [0.29, 0.717) is 29.2 Å². The summed E-state index contributed by atoms with van der Waals surface area (Å²) in [7, 11) is 0. The van der Waals surface area contributed by atoms with E-state index >= 15 is 4.39 Å². The minimum Gasteiger partial charge on any atom is -0.386 e. The first-order valence-electron chi connectivity index (χ1n) is 12.2. The molecule has 3 aliphatic rings. The lowest BCUT2D eigenvalue weighted by Gasteiger charge is -2.39. The van der Waals surface area contributed by atoms with Crippen LogP contribution in [0.1, 0.15) is 52.4 Å². The van der Waals surface area contributed by atoms with Crippen molar-refractivity contribution in [3.63, 3.8) is 0 Å². The van der Waals surface area contributed by atoms with Gasteiger partial charge in [0.05, 0.1) is 41.2 Å². The molecule has 3 fully saturated rings. The zero-order valence-electron chi connectivity index (χ0n) is 20.5. The summed E-state index contributed by atoms with van der Waals surface area (Å²) in [6.45, 7) is 7.61. The van der Waals surface area contributed by atoms with E-state index in [2.05, 4.69) is 20.3 Å². The van der Waals surface area contributed by atoms with Crippen LogP contribution < -0.4 is 5.32 Å². The summed E-state index contributed by atoms with van der Waals surface area (Å²) in [4.78, 5) is 13.4. The summed E-state index contributed by atoms with van der Waals surface area (Å²) < 4.78 is 28.6. The van der Waals surface area contributed by atoms with Gasteiger partial charge in [-0.2, -0.15) is 0 Å². The summed E-state index contributed by atoms with van der Waals surface area (Å²) in [6, 6.07) is 2.70. The molecule has 1 aliphatic carbocycles. The first kappa shape index (κ1) is 24.0. The van der Waals surface area contributed by atoms with Gasteiger partial charge in [-0.1, -0.05) is 11.6 Å². The lowest BCUT2D eigenvalue weighted by atomic mass is 9.85. The second-order valence-corrected chi connectivity index (χ2v) is 11.3. The molecule has 192 valence electrons. The second-order valence-electron chi connectivity index (χ2n) is 10.8. The third kappa shape index (κ3) is 3.61. The Kier molecular flexibility index (Phi) is 5.37. The number of hydrogen-bond acceptors (Lipinski definition) is 8. The highest BCUT2D eigenvalue weighted by molar-refractivity contribution is 6.33. The number of fused-ring (bicyclic) bond motifs is 4. The van der Waals surface area contributed by atoms with Crippen molar-refractivity contribution >= 4 is 28.6 Å². The van der Waals surface area contributed by atoms with Crippen molar-refractivity contribution in [3.8, 4) is 11.3 Å². The molecule has 1 spiro atoms. The van der Waals surface area contributed by atoms with Gasteiger partial charge in [-0.15, -0.1) is 0 Å². The van der Waals surface area contributed by atoms with Gasteiger partial charge in [0.25, 0.3) is 0 Å². The van der Waals surface area contributed by atoms with E-state index in [1.807, 2.05) is 18.4 Å². The van der Waals surface area contributed by atoms with Gasteiger partial charge < -0.3 is 29.6 Å². The maximum absolute atomic E-state index is 15.3. The van der Waals surface area contributed by atoms with Gasteiger partial charge in [0.15, 0.2) is 12.1 Å². The zero-order valence-corrected chi connectivity index (χ0v) is 21.3. The van der Waals surface area contributed by atoms with Gasteiger partial charge in [-0.3, -0.25) is 0 Å². The van der Waals surface area contributed by atoms with Crippen LogP contribution in [0.5, 0.6) is 0 Å². The Bertz CT molecular complexity index is 1350. The van der Waals surface area contributed by atoms with Crippen molar-refractivity contribution in [1.29, 1.82) is 0 Å². The quantitative estimate of drug-likeness (QED) is 0.468. The number of benzene rings is 1. The van der Waals surface area contributed by atoms with Crippen molar-refractivity contribution in [2.45, 2.75) is 76.7 Å². The highest BCUT2D eigenvalue weighted by atomic mass is 35.5. The van der Waals surface area contributed by atoms with Gasteiger partial charge in [0.1, 0.15) is 23.0 Å². The summed E-state index contributed by atoms with van der Waals surface area (Å²) in [5.74, 6) is 0.114. The number of nitrogens with zero attached hydrogens (tertiary/aromatic N) is 4. The number of anilines is 1. The van der Waals surface area contributed by atoms with Crippen molar-refractivity contribution in [3.05, 3.63) is 35.0 Å². The van der Waals surface area contributed by atoms with Gasteiger partial charge in [-0.25, -0.2) is 19.3 Å². The molecule has 3 aromatic rings. The molecule has 36 heavy (non-hydrogen) atoms. The monoisotopic (exact) mass is 517 g/mol.